The minimum absolute atomic E-state index is 0.0121. The third-order valence-electron chi connectivity index (χ3n) is 6.32. The smallest absolute Gasteiger partial charge is 0.265 e. The maximum Gasteiger partial charge on any atom is 0.265 e. The normalized spacial score (nSPS) is 13.8. The summed E-state index contributed by atoms with van der Waals surface area (Å²) in [5.41, 5.74) is 1.14. The van der Waals surface area contributed by atoms with Gasteiger partial charge in [-0.05, 0) is 35.9 Å². The molecule has 0 radical (unpaired) electrons. The zero-order chi connectivity index (χ0) is 28.1. The van der Waals surface area contributed by atoms with E-state index >= 15 is 0 Å². The molecule has 8 nitrogen and oxygen atoms in total. The molecule has 40 heavy (non-hydrogen) atoms. The van der Waals surface area contributed by atoms with Crippen molar-refractivity contribution in [3.63, 3.8) is 0 Å². The second-order valence-electron chi connectivity index (χ2n) is 8.92. The van der Waals surface area contributed by atoms with Crippen molar-refractivity contribution in [1.82, 2.24) is 9.62 Å². The van der Waals surface area contributed by atoms with Gasteiger partial charge >= 0.3 is 0 Å². The predicted octanol–water partition coefficient (Wildman–Crippen LogP) is 4.65. The molecule has 0 saturated heterocycles. The van der Waals surface area contributed by atoms with Gasteiger partial charge in [0.2, 0.25) is 5.78 Å². The summed E-state index contributed by atoms with van der Waals surface area (Å²) in [5, 5.41) is 2.79. The van der Waals surface area contributed by atoms with Crippen LogP contribution in [0.2, 0.25) is 0 Å². The highest BCUT2D eigenvalue weighted by atomic mass is 32.2. The van der Waals surface area contributed by atoms with E-state index in [0.29, 0.717) is 17.1 Å². The van der Waals surface area contributed by atoms with Gasteiger partial charge in [-0.15, -0.1) is 0 Å². The van der Waals surface area contributed by atoms with Gasteiger partial charge in [0.25, 0.3) is 15.9 Å². The van der Waals surface area contributed by atoms with E-state index in [2.05, 4.69) is 5.32 Å². The van der Waals surface area contributed by atoms with Gasteiger partial charge in [0, 0.05) is 11.1 Å². The fourth-order valence-corrected chi connectivity index (χ4v) is 6.05. The number of benzene rings is 4. The minimum Gasteiger partial charge on any atom is -0.497 e. The number of ether oxygens (including phenoxy) is 2. The number of ketones is 1. The molecule has 0 fully saturated rings. The lowest BCUT2D eigenvalue weighted by Crippen LogP contribution is -2.41. The van der Waals surface area contributed by atoms with Crippen molar-refractivity contribution < 1.29 is 27.5 Å². The van der Waals surface area contributed by atoms with Crippen LogP contribution >= 0.6 is 0 Å². The van der Waals surface area contributed by atoms with Crippen LogP contribution in [0.3, 0.4) is 0 Å². The Labute approximate surface area is 232 Å². The van der Waals surface area contributed by atoms with E-state index in [1.54, 1.807) is 104 Å². The highest BCUT2D eigenvalue weighted by Gasteiger charge is 2.40. The van der Waals surface area contributed by atoms with Gasteiger partial charge < -0.3 is 14.8 Å². The first-order valence-corrected chi connectivity index (χ1v) is 13.9. The van der Waals surface area contributed by atoms with Crippen molar-refractivity contribution >= 4 is 27.4 Å². The molecule has 0 atom stereocenters. The number of sulfonamides is 1. The molecule has 202 valence electrons. The molecule has 9 heteroatoms. The topological polar surface area (TPSA) is 102 Å². The van der Waals surface area contributed by atoms with Crippen LogP contribution in [0.1, 0.15) is 21.5 Å². The summed E-state index contributed by atoms with van der Waals surface area (Å²) in [5.74, 6) is -0.00804. The van der Waals surface area contributed by atoms with Gasteiger partial charge in [0.1, 0.15) is 17.2 Å². The number of hydrogen-bond acceptors (Lipinski definition) is 6. The summed E-state index contributed by atoms with van der Waals surface area (Å²) in [7, 11) is -2.60. The summed E-state index contributed by atoms with van der Waals surface area (Å²) in [4.78, 5) is 27.1. The van der Waals surface area contributed by atoms with Crippen molar-refractivity contribution in [2.24, 2.45) is 0 Å². The van der Waals surface area contributed by atoms with Crippen molar-refractivity contribution in [2.45, 2.75) is 11.4 Å². The van der Waals surface area contributed by atoms with Crippen LogP contribution in [-0.2, 0) is 21.4 Å². The number of hydrogen-bond donors (Lipinski definition) is 1. The lowest BCUT2D eigenvalue weighted by molar-refractivity contribution is -0.121. The Kier molecular flexibility index (Phi) is 7.65. The number of carbonyl (C=O) groups is 2. The maximum atomic E-state index is 14.0. The van der Waals surface area contributed by atoms with Crippen LogP contribution in [0.5, 0.6) is 11.5 Å². The van der Waals surface area contributed by atoms with E-state index in [0.717, 1.165) is 4.31 Å². The zero-order valence-electron chi connectivity index (χ0n) is 21.6. The second kappa shape index (κ2) is 11.5. The van der Waals surface area contributed by atoms with Gasteiger partial charge in [-0.1, -0.05) is 78.9 Å². The molecule has 0 saturated carbocycles. The monoisotopic (exact) mass is 554 g/mol. The van der Waals surface area contributed by atoms with Crippen LogP contribution in [0.25, 0.3) is 5.70 Å². The fraction of sp³-hybridized carbons (Fsp3) is 0.0968. The number of allylic oxidation sites excluding steroid dienone is 1. The summed E-state index contributed by atoms with van der Waals surface area (Å²) >= 11 is 0. The second-order valence-corrected chi connectivity index (χ2v) is 10.8. The van der Waals surface area contributed by atoms with Gasteiger partial charge in [0.05, 0.1) is 24.2 Å². The third-order valence-corrected chi connectivity index (χ3v) is 8.13. The molecule has 0 bridgehead atoms. The summed E-state index contributed by atoms with van der Waals surface area (Å²) < 4.78 is 39.7. The SMILES string of the molecule is COc1ccc(OCC(=O)NC2=C(C(=O)c3ccccc3)N(Cc3ccccc3)S(=O)(=O)c3ccccc32)cc1. The van der Waals surface area contributed by atoms with E-state index in [1.807, 2.05) is 6.07 Å². The average molecular weight is 555 g/mol. The van der Waals surface area contributed by atoms with E-state index in [9.17, 15) is 18.0 Å². The first kappa shape index (κ1) is 26.7. The van der Waals surface area contributed by atoms with Crippen LogP contribution < -0.4 is 14.8 Å². The Morgan fingerprint density at radius 2 is 1.38 bits per heavy atom. The third kappa shape index (κ3) is 5.45. The molecule has 0 unspecified atom stereocenters. The number of fused-ring (bicyclic) bond motifs is 1. The Bertz CT molecular complexity index is 1670. The molecule has 0 aliphatic carbocycles. The maximum absolute atomic E-state index is 14.0. The van der Waals surface area contributed by atoms with Gasteiger partial charge in [-0.2, -0.15) is 0 Å². The van der Waals surface area contributed by atoms with Crippen LogP contribution in [0.15, 0.2) is 120 Å². The summed E-state index contributed by atoms with van der Waals surface area (Å²) in [6, 6.07) is 30.4. The molecular formula is C31H26N2O6S. The van der Waals surface area contributed by atoms with Crippen molar-refractivity contribution in [3.8, 4) is 11.5 Å². The largest absolute Gasteiger partial charge is 0.497 e. The summed E-state index contributed by atoms with van der Waals surface area (Å²) in [6.45, 7) is -0.469. The molecule has 4 aromatic carbocycles. The number of nitrogens with zero attached hydrogens (tertiary/aromatic N) is 1. The molecule has 1 amide bonds. The van der Waals surface area contributed by atoms with Crippen molar-refractivity contribution in [3.05, 3.63) is 132 Å². The number of Topliss-reactive ketones (excluding diaryl/α,β-unsaturated/α-hetero) is 1. The standard InChI is InChI=1S/C31H26N2O6S/c1-38-24-16-18-25(19-17-24)39-21-28(34)32-29-26-14-8-9-15-27(26)40(36,37)33(20-22-10-4-2-5-11-22)30(29)31(35)23-12-6-3-7-13-23/h2-19H,20-21H2,1H3,(H,32,34). The Morgan fingerprint density at radius 3 is 2.05 bits per heavy atom. The lowest BCUT2D eigenvalue weighted by atomic mass is 10.0. The highest BCUT2D eigenvalue weighted by Crippen LogP contribution is 2.38. The Balaban J connectivity index is 1.58. The molecular weight excluding hydrogens is 528 g/mol. The Hall–Kier alpha value is -4.89. The molecule has 0 aromatic heterocycles. The molecule has 1 aliphatic heterocycles. The number of nitrogens with one attached hydrogen (secondary N) is 1. The number of carbonyl (C=O) groups excluding carboxylic acids is 2. The number of methoxy groups -OCH3 is 1. The molecule has 1 heterocycles. The molecule has 0 spiro atoms. The quantitative estimate of drug-likeness (QED) is 0.302. The van der Waals surface area contributed by atoms with Crippen LogP contribution in [-0.4, -0.2) is 38.1 Å². The molecule has 4 aromatic rings. The fourth-order valence-electron chi connectivity index (χ4n) is 4.38. The van der Waals surface area contributed by atoms with Gasteiger partial charge in [0.15, 0.2) is 6.61 Å². The van der Waals surface area contributed by atoms with Crippen molar-refractivity contribution in [1.29, 1.82) is 0 Å². The minimum atomic E-state index is -4.15. The first-order valence-electron chi connectivity index (χ1n) is 12.5. The van der Waals surface area contributed by atoms with Crippen LogP contribution in [0, 0.1) is 0 Å². The van der Waals surface area contributed by atoms with Gasteiger partial charge in [-0.3, -0.25) is 13.9 Å². The van der Waals surface area contributed by atoms with Crippen molar-refractivity contribution in [2.75, 3.05) is 13.7 Å². The highest BCUT2D eigenvalue weighted by molar-refractivity contribution is 7.89. The van der Waals surface area contributed by atoms with Crippen LogP contribution in [0.4, 0.5) is 0 Å². The van der Waals surface area contributed by atoms with E-state index in [-0.39, 0.29) is 40.6 Å². The molecule has 1 aliphatic rings. The lowest BCUT2D eigenvalue weighted by Gasteiger charge is -2.33. The first-order chi connectivity index (χ1) is 19.4. The van der Waals surface area contributed by atoms with E-state index in [4.69, 9.17) is 9.47 Å². The molecule has 5 rings (SSSR count). The zero-order valence-corrected chi connectivity index (χ0v) is 22.4. The number of rotatable bonds is 9. The summed E-state index contributed by atoms with van der Waals surface area (Å²) in [6.07, 6.45) is 0. The van der Waals surface area contributed by atoms with Gasteiger partial charge in [-0.25, -0.2) is 8.42 Å². The average Bonchev–Trinajstić information content (AvgIpc) is 2.99. The number of amides is 1. The van der Waals surface area contributed by atoms with E-state index < -0.39 is 21.7 Å². The van der Waals surface area contributed by atoms with E-state index in [1.165, 1.54) is 6.07 Å². The molecule has 1 N–H and O–H groups in total. The Morgan fingerprint density at radius 1 is 0.775 bits per heavy atom. The predicted molar refractivity (Wildman–Crippen MR) is 150 cm³/mol.